The highest BCUT2D eigenvalue weighted by Gasteiger charge is 2.33. The summed E-state index contributed by atoms with van der Waals surface area (Å²) in [5.74, 6) is 1.64. The molecule has 4 nitrogen and oxygen atoms in total. The van der Waals surface area contributed by atoms with Gasteiger partial charge in [0.1, 0.15) is 0 Å². The van der Waals surface area contributed by atoms with E-state index in [0.717, 1.165) is 25.0 Å². The number of aliphatic imine (C=N–C) groups is 1. The van der Waals surface area contributed by atoms with Crippen molar-refractivity contribution >= 4 is 29.9 Å². The van der Waals surface area contributed by atoms with Gasteiger partial charge in [-0.15, -0.1) is 24.0 Å². The number of halogens is 1. The summed E-state index contributed by atoms with van der Waals surface area (Å²) >= 11 is 0. The summed E-state index contributed by atoms with van der Waals surface area (Å²) in [6, 6.07) is 8.95. The molecule has 0 spiro atoms. The van der Waals surface area contributed by atoms with Crippen molar-refractivity contribution in [3.05, 3.63) is 35.4 Å². The van der Waals surface area contributed by atoms with Gasteiger partial charge < -0.3 is 15.4 Å². The molecule has 0 amide bonds. The third kappa shape index (κ3) is 5.82. The highest BCUT2D eigenvalue weighted by Crippen LogP contribution is 2.28. The highest BCUT2D eigenvalue weighted by molar-refractivity contribution is 14.0. The second-order valence-corrected chi connectivity index (χ2v) is 5.30. The van der Waals surface area contributed by atoms with Crippen molar-refractivity contribution in [1.82, 2.24) is 10.6 Å². The van der Waals surface area contributed by atoms with Gasteiger partial charge in [-0.1, -0.05) is 31.2 Å². The molecule has 1 fully saturated rings. The van der Waals surface area contributed by atoms with Crippen LogP contribution in [-0.2, 0) is 17.9 Å². The van der Waals surface area contributed by atoms with Crippen LogP contribution in [0.2, 0.25) is 0 Å². The molecule has 2 N–H and O–H groups in total. The Bertz CT molecular complexity index is 465. The van der Waals surface area contributed by atoms with Crippen molar-refractivity contribution in [1.29, 1.82) is 0 Å². The Morgan fingerprint density at radius 3 is 2.57 bits per heavy atom. The number of nitrogens with zero attached hydrogens (tertiary/aromatic N) is 1. The minimum Gasteiger partial charge on any atom is -0.377 e. The molecule has 0 radical (unpaired) electrons. The summed E-state index contributed by atoms with van der Waals surface area (Å²) < 4.78 is 5.51. The van der Waals surface area contributed by atoms with Crippen LogP contribution in [0.4, 0.5) is 0 Å². The first-order valence-corrected chi connectivity index (χ1v) is 7.36. The number of guanidine groups is 1. The average Bonchev–Trinajstić information content (AvgIpc) is 3.17. The fourth-order valence-electron chi connectivity index (χ4n) is 2.16. The maximum absolute atomic E-state index is 5.51. The Morgan fingerprint density at radius 2 is 2.00 bits per heavy atom. The summed E-state index contributed by atoms with van der Waals surface area (Å²) in [6.07, 6.45) is 1.24. The third-order valence-corrected chi connectivity index (χ3v) is 3.68. The van der Waals surface area contributed by atoms with Crippen LogP contribution < -0.4 is 10.6 Å². The predicted octanol–water partition coefficient (Wildman–Crippen LogP) is 2.91. The van der Waals surface area contributed by atoms with E-state index in [9.17, 15) is 0 Å². The molecular weight excluding hydrogens is 377 g/mol. The minimum absolute atomic E-state index is 0. The Balaban J connectivity index is 0.00000220. The summed E-state index contributed by atoms with van der Waals surface area (Å²) in [4.78, 5) is 4.27. The molecule has 0 aliphatic heterocycles. The fraction of sp³-hybridized carbons (Fsp3) is 0.562. The number of hydrogen-bond acceptors (Lipinski definition) is 2. The highest BCUT2D eigenvalue weighted by atomic mass is 127. The van der Waals surface area contributed by atoms with E-state index in [0.29, 0.717) is 12.6 Å². The van der Waals surface area contributed by atoms with Crippen molar-refractivity contribution in [2.45, 2.75) is 39.5 Å². The van der Waals surface area contributed by atoms with E-state index >= 15 is 0 Å². The van der Waals surface area contributed by atoms with Gasteiger partial charge in [-0.2, -0.15) is 0 Å². The van der Waals surface area contributed by atoms with Crippen LogP contribution in [0.25, 0.3) is 0 Å². The first-order valence-electron chi connectivity index (χ1n) is 7.36. The zero-order chi connectivity index (χ0) is 14.4. The zero-order valence-electron chi connectivity index (χ0n) is 13.1. The molecule has 1 aliphatic rings. The van der Waals surface area contributed by atoms with Crippen molar-refractivity contribution in [3.8, 4) is 0 Å². The van der Waals surface area contributed by atoms with Gasteiger partial charge in [-0.05, 0) is 30.4 Å². The summed E-state index contributed by atoms with van der Waals surface area (Å²) in [6.45, 7) is 6.44. The molecule has 118 valence electrons. The molecule has 5 heteroatoms. The van der Waals surface area contributed by atoms with E-state index in [4.69, 9.17) is 4.74 Å². The predicted molar refractivity (Wildman–Crippen MR) is 98.1 cm³/mol. The molecule has 0 bridgehead atoms. The monoisotopic (exact) mass is 403 g/mol. The first kappa shape index (κ1) is 18.2. The van der Waals surface area contributed by atoms with E-state index < -0.39 is 0 Å². The molecule has 0 saturated heterocycles. The molecule has 21 heavy (non-hydrogen) atoms. The number of hydrogen-bond donors (Lipinski definition) is 2. The van der Waals surface area contributed by atoms with Crippen molar-refractivity contribution < 1.29 is 4.74 Å². The molecule has 1 aliphatic carbocycles. The minimum atomic E-state index is 0. The Kier molecular flexibility index (Phi) is 8.03. The van der Waals surface area contributed by atoms with Gasteiger partial charge in [0.05, 0.1) is 6.61 Å². The lowest BCUT2D eigenvalue weighted by molar-refractivity contribution is 0.133. The van der Waals surface area contributed by atoms with Crippen molar-refractivity contribution in [3.63, 3.8) is 0 Å². The molecule has 1 aromatic carbocycles. The van der Waals surface area contributed by atoms with Crippen LogP contribution in [0.5, 0.6) is 0 Å². The molecule has 2 rings (SSSR count). The standard InChI is InChI=1S/C16H25N3O.HI/c1-4-20-11-14-8-6-5-7-13(14)10-18-16(17-3)19-15-9-12(15)2;/h5-8,12,15H,4,9-11H2,1-3H3,(H2,17,18,19);1H. The number of nitrogens with one attached hydrogen (secondary N) is 2. The Hall–Kier alpha value is -0.820. The van der Waals surface area contributed by atoms with Crippen LogP contribution in [0, 0.1) is 5.92 Å². The Morgan fingerprint density at radius 1 is 1.33 bits per heavy atom. The summed E-state index contributed by atoms with van der Waals surface area (Å²) in [5, 5.41) is 6.81. The van der Waals surface area contributed by atoms with Crippen molar-refractivity contribution in [2.75, 3.05) is 13.7 Å². The van der Waals surface area contributed by atoms with E-state index in [1.54, 1.807) is 0 Å². The van der Waals surface area contributed by atoms with Gasteiger partial charge in [0, 0.05) is 26.2 Å². The summed E-state index contributed by atoms with van der Waals surface area (Å²) in [7, 11) is 1.81. The van der Waals surface area contributed by atoms with Gasteiger partial charge in [-0.25, -0.2) is 0 Å². The quantitative estimate of drug-likeness (QED) is 0.436. The molecule has 1 saturated carbocycles. The summed E-state index contributed by atoms with van der Waals surface area (Å²) in [5.41, 5.74) is 2.49. The van der Waals surface area contributed by atoms with E-state index in [1.807, 2.05) is 14.0 Å². The van der Waals surface area contributed by atoms with Crippen LogP contribution in [0.15, 0.2) is 29.3 Å². The Labute approximate surface area is 144 Å². The first-order chi connectivity index (χ1) is 9.74. The molecule has 0 aromatic heterocycles. The number of ether oxygens (including phenoxy) is 1. The smallest absolute Gasteiger partial charge is 0.191 e. The van der Waals surface area contributed by atoms with Gasteiger partial charge in [0.15, 0.2) is 5.96 Å². The molecule has 2 atom stereocenters. The lowest BCUT2D eigenvalue weighted by Gasteiger charge is -2.14. The topological polar surface area (TPSA) is 45.6 Å². The maximum Gasteiger partial charge on any atom is 0.191 e. The van der Waals surface area contributed by atoms with Crippen LogP contribution in [-0.4, -0.2) is 25.7 Å². The third-order valence-electron chi connectivity index (χ3n) is 3.68. The molecule has 0 heterocycles. The number of rotatable bonds is 6. The zero-order valence-corrected chi connectivity index (χ0v) is 15.4. The SMILES string of the molecule is CCOCc1ccccc1CNC(=NC)NC1CC1C.I. The number of benzene rings is 1. The maximum atomic E-state index is 5.51. The fourth-order valence-corrected chi connectivity index (χ4v) is 2.16. The normalized spacial score (nSPS) is 20.6. The van der Waals surface area contributed by atoms with Gasteiger partial charge in [-0.3, -0.25) is 4.99 Å². The molecular formula is C16H26IN3O. The molecule has 2 unspecified atom stereocenters. The van der Waals surface area contributed by atoms with E-state index in [2.05, 4.69) is 46.8 Å². The molecule has 1 aromatic rings. The lowest BCUT2D eigenvalue weighted by Crippen LogP contribution is -2.38. The van der Waals surface area contributed by atoms with Crippen LogP contribution in [0.3, 0.4) is 0 Å². The van der Waals surface area contributed by atoms with Crippen LogP contribution in [0.1, 0.15) is 31.4 Å². The second-order valence-electron chi connectivity index (χ2n) is 5.30. The van der Waals surface area contributed by atoms with Gasteiger partial charge >= 0.3 is 0 Å². The lowest BCUT2D eigenvalue weighted by atomic mass is 10.1. The van der Waals surface area contributed by atoms with Crippen LogP contribution >= 0.6 is 24.0 Å². The van der Waals surface area contributed by atoms with Gasteiger partial charge in [0.25, 0.3) is 0 Å². The van der Waals surface area contributed by atoms with Gasteiger partial charge in [0.2, 0.25) is 0 Å². The van der Waals surface area contributed by atoms with Crippen molar-refractivity contribution in [2.24, 2.45) is 10.9 Å². The van der Waals surface area contributed by atoms with E-state index in [1.165, 1.54) is 17.5 Å². The largest absolute Gasteiger partial charge is 0.377 e. The van der Waals surface area contributed by atoms with E-state index in [-0.39, 0.29) is 24.0 Å². The average molecular weight is 403 g/mol. The second kappa shape index (κ2) is 9.25.